The van der Waals surface area contributed by atoms with Gasteiger partial charge in [-0.3, -0.25) is 0 Å². The summed E-state index contributed by atoms with van der Waals surface area (Å²) in [6.45, 7) is 2.29. The first-order chi connectivity index (χ1) is 12.2. The third kappa shape index (κ3) is 21.5. The van der Waals surface area contributed by atoms with Gasteiger partial charge in [-0.05, 0) is 17.0 Å². The molecule has 0 fully saturated rings. The van der Waals surface area contributed by atoms with Gasteiger partial charge in [0, 0.05) is 6.20 Å². The molecule has 0 atom stereocenters. The van der Waals surface area contributed by atoms with Crippen LogP contribution in [0.3, 0.4) is 0 Å². The van der Waals surface area contributed by atoms with Crippen molar-refractivity contribution in [3.8, 4) is 0 Å². The number of halogens is 1. The van der Waals surface area contributed by atoms with Gasteiger partial charge < -0.3 is 13.4 Å². The molecule has 0 aliphatic rings. The fraction of sp³-hybridized carbons (Fsp3) is 0.842. The second-order valence-corrected chi connectivity index (χ2v) is 7.45. The molecule has 0 unspecified atom stereocenters. The van der Waals surface area contributed by atoms with Crippen LogP contribution >= 0.6 is 0 Å². The van der Waals surface area contributed by atoms with Gasteiger partial charge in [0.05, 0.1) is 12.0 Å². The number of imidazole rings is 1. The van der Waals surface area contributed by atoms with Crippen LogP contribution in [0.25, 0.3) is 0 Å². The minimum atomic E-state index is -3.40. The molecule has 2 N–H and O–H groups in total. The van der Waals surface area contributed by atoms with E-state index in [-0.39, 0.29) is 0 Å². The SMILES string of the molecule is CCCCCCCCCCCCCCCCc1c[nH]cn1.[O-][Br+2]([O-])O. The highest BCUT2D eigenvalue weighted by atomic mass is 80.0. The predicted octanol–water partition coefficient (Wildman–Crippen LogP) is 3.50. The largest absolute Gasteiger partial charge is 0.433 e. The van der Waals surface area contributed by atoms with Crippen LogP contribution in [0.2, 0.25) is 0 Å². The highest BCUT2D eigenvalue weighted by Crippen LogP contribution is 2.13. The van der Waals surface area contributed by atoms with E-state index in [9.17, 15) is 0 Å². The Bertz CT molecular complexity index is 346. The van der Waals surface area contributed by atoms with E-state index in [0.29, 0.717) is 0 Å². The van der Waals surface area contributed by atoms with Gasteiger partial charge in [-0.2, -0.15) is 0 Å². The van der Waals surface area contributed by atoms with E-state index in [4.69, 9.17) is 12.6 Å². The Balaban J connectivity index is 0.00000129. The second kappa shape index (κ2) is 19.9. The molecule has 0 aliphatic heterocycles. The molecule has 0 radical (unpaired) electrons. The number of nitrogens with zero attached hydrogens (tertiary/aromatic N) is 1. The van der Waals surface area contributed by atoms with E-state index < -0.39 is 14.8 Å². The summed E-state index contributed by atoms with van der Waals surface area (Å²) in [6, 6.07) is 0. The fourth-order valence-corrected chi connectivity index (χ4v) is 2.93. The molecule has 5 nitrogen and oxygen atoms in total. The van der Waals surface area contributed by atoms with Crippen molar-refractivity contribution in [3.63, 3.8) is 0 Å². The molecule has 25 heavy (non-hydrogen) atoms. The number of unbranched alkanes of at least 4 members (excludes halogenated alkanes) is 13. The summed E-state index contributed by atoms with van der Waals surface area (Å²) < 4.78 is 24.3. The molecule has 148 valence electrons. The predicted molar refractivity (Wildman–Crippen MR) is 94.8 cm³/mol. The molecule has 0 amide bonds. The van der Waals surface area contributed by atoms with Gasteiger partial charge in [-0.1, -0.05) is 90.4 Å². The Labute approximate surface area is 159 Å². The summed E-state index contributed by atoms with van der Waals surface area (Å²) >= 11 is -3.40. The maximum Gasteiger partial charge on any atom is 0.433 e. The summed E-state index contributed by atoms with van der Waals surface area (Å²) in [5, 5.41) is 0. The van der Waals surface area contributed by atoms with Crippen LogP contribution in [-0.2, 0) is 6.42 Å². The highest BCUT2D eigenvalue weighted by Gasteiger charge is 1.96. The number of aryl methyl sites for hydroxylation is 1. The molecule has 1 rings (SSSR count). The van der Waals surface area contributed by atoms with E-state index in [2.05, 4.69) is 16.9 Å². The van der Waals surface area contributed by atoms with Crippen molar-refractivity contribution < 1.29 is 27.4 Å². The molecular formula is C19H37BrN2O3. The molecule has 0 aromatic carbocycles. The van der Waals surface area contributed by atoms with Crippen molar-refractivity contribution in [1.82, 2.24) is 9.97 Å². The van der Waals surface area contributed by atoms with E-state index in [1.54, 1.807) is 6.33 Å². The van der Waals surface area contributed by atoms with Crippen LogP contribution in [-0.4, -0.2) is 14.2 Å². The number of H-pyrrole nitrogens is 1. The number of rotatable bonds is 15. The fourth-order valence-electron chi connectivity index (χ4n) is 2.93. The van der Waals surface area contributed by atoms with E-state index >= 15 is 0 Å². The maximum atomic E-state index is 8.63. The van der Waals surface area contributed by atoms with Gasteiger partial charge >= 0.3 is 14.8 Å². The smallest absolute Gasteiger partial charge is 0.372 e. The zero-order chi connectivity index (χ0) is 18.6. The van der Waals surface area contributed by atoms with Crippen molar-refractivity contribution in [1.29, 1.82) is 0 Å². The number of hydrogen-bond acceptors (Lipinski definition) is 4. The van der Waals surface area contributed by atoms with Gasteiger partial charge in [-0.25, -0.2) is 4.98 Å². The first-order valence-electron chi connectivity index (χ1n) is 9.89. The van der Waals surface area contributed by atoms with Crippen molar-refractivity contribution >= 4 is 0 Å². The lowest BCUT2D eigenvalue weighted by atomic mass is 10.0. The lowest BCUT2D eigenvalue weighted by molar-refractivity contribution is -1.63. The van der Waals surface area contributed by atoms with Gasteiger partial charge in [0.25, 0.3) is 0 Å². The molecule has 0 saturated carbocycles. The number of hydrogen-bond donors (Lipinski definition) is 2. The van der Waals surface area contributed by atoms with Gasteiger partial charge in [0.1, 0.15) is 0 Å². The molecule has 1 heterocycles. The first kappa shape index (κ1) is 24.6. The normalized spacial score (nSPS) is 10.8. The molecule has 0 saturated heterocycles. The molecular weight excluding hydrogens is 384 g/mol. The number of aromatic nitrogens is 2. The average Bonchev–Trinajstić information content (AvgIpc) is 3.08. The Morgan fingerprint density at radius 3 is 1.60 bits per heavy atom. The standard InChI is InChI=1S/C19H36N2.BrHO3/c1-2-3-4-5-6-7-8-9-10-11-12-13-14-15-16-19-17-20-18-21-19;2-1(3)4/h17-18H,2-16H2,1H3,(H,20,21);2H. The summed E-state index contributed by atoms with van der Waals surface area (Å²) in [7, 11) is 0. The molecule has 1 aromatic heterocycles. The van der Waals surface area contributed by atoms with Crippen molar-refractivity contribution in [2.75, 3.05) is 0 Å². The summed E-state index contributed by atoms with van der Waals surface area (Å²) in [4.78, 5) is 7.28. The molecule has 1 aromatic rings. The number of aromatic amines is 1. The summed E-state index contributed by atoms with van der Waals surface area (Å²) in [5.41, 5.74) is 1.22. The zero-order valence-corrected chi connectivity index (χ0v) is 17.4. The average molecular weight is 421 g/mol. The van der Waals surface area contributed by atoms with Gasteiger partial charge in [-0.15, -0.1) is 0 Å². The molecule has 0 bridgehead atoms. The molecule has 6 heteroatoms. The quantitative estimate of drug-likeness (QED) is 0.424. The number of nitrogens with one attached hydrogen (secondary N) is 1. The lowest BCUT2D eigenvalue weighted by Crippen LogP contribution is -2.30. The van der Waals surface area contributed by atoms with Gasteiger partial charge in [0.15, 0.2) is 0 Å². The third-order valence-electron chi connectivity index (χ3n) is 4.34. The minimum Gasteiger partial charge on any atom is -0.372 e. The monoisotopic (exact) mass is 420 g/mol. The van der Waals surface area contributed by atoms with Crippen molar-refractivity contribution in [2.24, 2.45) is 0 Å². The molecule has 0 aliphatic carbocycles. The van der Waals surface area contributed by atoms with E-state index in [1.807, 2.05) is 6.20 Å². The minimum absolute atomic E-state index is 1.14. The highest BCUT2D eigenvalue weighted by molar-refractivity contribution is 4.93. The second-order valence-electron chi connectivity index (χ2n) is 6.61. The Morgan fingerprint density at radius 2 is 1.24 bits per heavy atom. The van der Waals surface area contributed by atoms with E-state index in [0.717, 1.165) is 6.42 Å². The lowest BCUT2D eigenvalue weighted by Gasteiger charge is -2.03. The first-order valence-corrected chi connectivity index (χ1v) is 11.9. The van der Waals surface area contributed by atoms with E-state index in [1.165, 1.54) is 95.6 Å². The third-order valence-corrected chi connectivity index (χ3v) is 4.34. The summed E-state index contributed by atoms with van der Waals surface area (Å²) in [5.74, 6) is 0. The van der Waals surface area contributed by atoms with Crippen molar-refractivity contribution in [2.45, 2.75) is 103 Å². The van der Waals surface area contributed by atoms with Crippen LogP contribution < -0.4 is 8.40 Å². The van der Waals surface area contributed by atoms with Crippen LogP contribution in [0, 0.1) is 14.8 Å². The Kier molecular flexibility index (Phi) is 19.5. The van der Waals surface area contributed by atoms with Crippen molar-refractivity contribution in [3.05, 3.63) is 18.2 Å². The summed E-state index contributed by atoms with van der Waals surface area (Å²) in [6.07, 6.45) is 24.9. The van der Waals surface area contributed by atoms with Crippen LogP contribution in [0.5, 0.6) is 0 Å². The Hall–Kier alpha value is -0.430. The van der Waals surface area contributed by atoms with Crippen LogP contribution in [0.1, 0.15) is 103 Å². The van der Waals surface area contributed by atoms with Gasteiger partial charge in [0.2, 0.25) is 0 Å². The Morgan fingerprint density at radius 1 is 0.840 bits per heavy atom. The van der Waals surface area contributed by atoms with Crippen LogP contribution in [0.15, 0.2) is 12.5 Å². The topological polar surface area (TPSA) is 95.0 Å². The van der Waals surface area contributed by atoms with Crippen LogP contribution in [0.4, 0.5) is 0 Å². The maximum absolute atomic E-state index is 8.63. The molecule has 0 spiro atoms. The zero-order valence-electron chi connectivity index (χ0n) is 15.9.